The zero-order valence-corrected chi connectivity index (χ0v) is 14.4. The molecule has 0 aromatic carbocycles. The Morgan fingerprint density at radius 3 is 2.86 bits per heavy atom. The van der Waals surface area contributed by atoms with Crippen LogP contribution in [0.25, 0.3) is 0 Å². The second-order valence-corrected chi connectivity index (χ2v) is 8.94. The van der Waals surface area contributed by atoms with E-state index in [2.05, 4.69) is 23.9 Å². The highest BCUT2D eigenvalue weighted by atomic mass is 32.2. The maximum absolute atomic E-state index is 12.3. The van der Waals surface area contributed by atoms with E-state index >= 15 is 0 Å². The molecule has 120 valence electrons. The molecule has 0 saturated carbocycles. The molecule has 0 spiro atoms. The highest BCUT2D eigenvalue weighted by molar-refractivity contribution is 7.91. The number of ether oxygens (including phenoxy) is 1. The molecular formula is C14H24N2O3S2. The van der Waals surface area contributed by atoms with Gasteiger partial charge in [-0.3, -0.25) is 0 Å². The number of nitrogens with one attached hydrogen (secondary N) is 2. The molecule has 2 rings (SSSR count). The first kappa shape index (κ1) is 16.9. The minimum absolute atomic E-state index is 0.326. The molecule has 5 nitrogen and oxygen atoms in total. The highest BCUT2D eigenvalue weighted by Gasteiger charge is 2.31. The molecule has 1 aromatic rings. The van der Waals surface area contributed by atoms with E-state index in [0.29, 0.717) is 29.9 Å². The van der Waals surface area contributed by atoms with Gasteiger partial charge in [-0.25, -0.2) is 13.1 Å². The van der Waals surface area contributed by atoms with Crippen LogP contribution in [0.1, 0.15) is 39.2 Å². The quantitative estimate of drug-likeness (QED) is 0.802. The summed E-state index contributed by atoms with van der Waals surface area (Å²) in [6.45, 7) is 7.80. The first-order chi connectivity index (χ1) is 9.81. The van der Waals surface area contributed by atoms with Gasteiger partial charge in [0.15, 0.2) is 0 Å². The number of hydrogen-bond acceptors (Lipinski definition) is 5. The van der Waals surface area contributed by atoms with E-state index in [1.165, 1.54) is 11.3 Å². The molecule has 2 N–H and O–H groups in total. The first-order valence-corrected chi connectivity index (χ1v) is 9.61. The fraction of sp³-hybridized carbons (Fsp3) is 0.714. The van der Waals surface area contributed by atoms with Crippen LogP contribution in [-0.4, -0.2) is 33.2 Å². The van der Waals surface area contributed by atoms with Gasteiger partial charge in [0, 0.05) is 25.7 Å². The summed E-state index contributed by atoms with van der Waals surface area (Å²) in [5.74, 6) is 0. The van der Waals surface area contributed by atoms with E-state index in [4.69, 9.17) is 4.74 Å². The van der Waals surface area contributed by atoms with Crippen LogP contribution < -0.4 is 10.0 Å². The van der Waals surface area contributed by atoms with Crippen LogP contribution in [0.4, 0.5) is 0 Å². The molecule has 0 bridgehead atoms. The molecule has 1 aliphatic rings. The molecule has 1 aliphatic heterocycles. The Balaban J connectivity index is 1.96. The molecule has 7 heteroatoms. The van der Waals surface area contributed by atoms with Crippen molar-refractivity contribution in [2.24, 2.45) is 0 Å². The molecule has 0 radical (unpaired) electrons. The molecule has 21 heavy (non-hydrogen) atoms. The number of thiophene rings is 1. The van der Waals surface area contributed by atoms with E-state index in [0.717, 1.165) is 18.4 Å². The minimum atomic E-state index is -3.44. The van der Waals surface area contributed by atoms with Gasteiger partial charge in [-0.15, -0.1) is 11.3 Å². The number of rotatable bonds is 7. The van der Waals surface area contributed by atoms with E-state index < -0.39 is 10.0 Å². The Labute approximate surface area is 131 Å². The summed E-state index contributed by atoms with van der Waals surface area (Å²) in [4.78, 5) is 0. The Kier molecular flexibility index (Phi) is 5.43. The van der Waals surface area contributed by atoms with Crippen LogP contribution >= 0.6 is 11.3 Å². The largest absolute Gasteiger partial charge is 0.374 e. The normalized spacial score (nSPS) is 23.0. The summed E-state index contributed by atoms with van der Waals surface area (Å²) in [6, 6.07) is 2.11. The average Bonchev–Trinajstić information content (AvgIpc) is 3.04. The lowest BCUT2D eigenvalue weighted by atomic mass is 10.0. The SMILES string of the molecule is CC(C)NCc1csc(S(=O)(=O)NCC2(C)CCCO2)c1. The van der Waals surface area contributed by atoms with Crippen molar-refractivity contribution in [1.82, 2.24) is 10.0 Å². The summed E-state index contributed by atoms with van der Waals surface area (Å²) >= 11 is 1.26. The fourth-order valence-corrected chi connectivity index (χ4v) is 4.61. The molecule has 0 amide bonds. The van der Waals surface area contributed by atoms with Crippen LogP contribution in [0, 0.1) is 0 Å². The van der Waals surface area contributed by atoms with Crippen molar-refractivity contribution in [1.29, 1.82) is 0 Å². The Morgan fingerprint density at radius 2 is 2.24 bits per heavy atom. The average molecular weight is 332 g/mol. The molecule has 2 heterocycles. The molecule has 1 fully saturated rings. The second kappa shape index (κ2) is 6.75. The van der Waals surface area contributed by atoms with Crippen LogP contribution in [0.5, 0.6) is 0 Å². The lowest BCUT2D eigenvalue weighted by Crippen LogP contribution is -2.39. The van der Waals surface area contributed by atoms with Crippen molar-refractivity contribution < 1.29 is 13.2 Å². The van der Waals surface area contributed by atoms with Gasteiger partial charge in [-0.2, -0.15) is 0 Å². The van der Waals surface area contributed by atoms with Crippen molar-refractivity contribution in [3.8, 4) is 0 Å². The van der Waals surface area contributed by atoms with Crippen LogP contribution in [0.15, 0.2) is 15.7 Å². The van der Waals surface area contributed by atoms with E-state index in [9.17, 15) is 8.42 Å². The molecule has 1 saturated heterocycles. The summed E-state index contributed by atoms with van der Waals surface area (Å²) in [5.41, 5.74) is 0.629. The Morgan fingerprint density at radius 1 is 1.48 bits per heavy atom. The van der Waals surface area contributed by atoms with Gasteiger partial charge in [-0.1, -0.05) is 13.8 Å². The Bertz CT molecular complexity index is 561. The third kappa shape index (κ3) is 4.75. The van der Waals surface area contributed by atoms with Crippen molar-refractivity contribution in [3.63, 3.8) is 0 Å². The van der Waals surface area contributed by atoms with Crippen molar-refractivity contribution in [3.05, 3.63) is 17.0 Å². The molecule has 1 atom stereocenters. The van der Waals surface area contributed by atoms with Crippen molar-refractivity contribution in [2.75, 3.05) is 13.2 Å². The van der Waals surface area contributed by atoms with Gasteiger partial charge in [0.2, 0.25) is 10.0 Å². The van der Waals surface area contributed by atoms with E-state index in [1.807, 2.05) is 12.3 Å². The molecule has 1 aromatic heterocycles. The van der Waals surface area contributed by atoms with Gasteiger partial charge in [0.05, 0.1) is 5.60 Å². The van der Waals surface area contributed by atoms with Crippen LogP contribution in [0.3, 0.4) is 0 Å². The maximum atomic E-state index is 12.3. The summed E-state index contributed by atoms with van der Waals surface area (Å²) < 4.78 is 33.3. The van der Waals surface area contributed by atoms with Gasteiger partial charge in [0.1, 0.15) is 4.21 Å². The minimum Gasteiger partial charge on any atom is -0.374 e. The standard InChI is InChI=1S/C14H24N2O3S2/c1-11(2)15-8-12-7-13(20-9-12)21(17,18)16-10-14(3)5-4-6-19-14/h7,9,11,15-16H,4-6,8,10H2,1-3H3. The molecule has 0 aliphatic carbocycles. The van der Waals surface area contributed by atoms with Gasteiger partial charge < -0.3 is 10.1 Å². The summed E-state index contributed by atoms with van der Waals surface area (Å²) in [6.07, 6.45) is 1.88. The molecular weight excluding hydrogens is 308 g/mol. The van der Waals surface area contributed by atoms with E-state index in [-0.39, 0.29) is 5.60 Å². The van der Waals surface area contributed by atoms with Crippen molar-refractivity contribution >= 4 is 21.4 Å². The summed E-state index contributed by atoms with van der Waals surface area (Å²) in [7, 11) is -3.44. The van der Waals surface area contributed by atoms with Crippen LogP contribution in [0.2, 0.25) is 0 Å². The Hall–Kier alpha value is -0.470. The zero-order valence-electron chi connectivity index (χ0n) is 12.8. The summed E-state index contributed by atoms with van der Waals surface area (Å²) in [5, 5.41) is 5.17. The zero-order chi connectivity index (χ0) is 15.5. The van der Waals surface area contributed by atoms with E-state index in [1.54, 1.807) is 6.07 Å². The smallest absolute Gasteiger partial charge is 0.250 e. The first-order valence-electron chi connectivity index (χ1n) is 7.25. The van der Waals surface area contributed by atoms with Crippen LogP contribution in [-0.2, 0) is 21.3 Å². The second-order valence-electron chi connectivity index (χ2n) is 6.04. The third-order valence-electron chi connectivity index (χ3n) is 3.55. The fourth-order valence-electron chi connectivity index (χ4n) is 2.20. The predicted octanol–water partition coefficient (Wildman–Crippen LogP) is 2.09. The number of sulfonamides is 1. The number of hydrogen-bond donors (Lipinski definition) is 2. The highest BCUT2D eigenvalue weighted by Crippen LogP contribution is 2.25. The predicted molar refractivity (Wildman–Crippen MR) is 85.1 cm³/mol. The lowest BCUT2D eigenvalue weighted by Gasteiger charge is -2.22. The monoisotopic (exact) mass is 332 g/mol. The molecule has 1 unspecified atom stereocenters. The van der Waals surface area contributed by atoms with Gasteiger partial charge >= 0.3 is 0 Å². The maximum Gasteiger partial charge on any atom is 0.250 e. The van der Waals surface area contributed by atoms with Crippen molar-refractivity contribution in [2.45, 2.75) is 56.0 Å². The van der Waals surface area contributed by atoms with Gasteiger partial charge in [0.25, 0.3) is 0 Å². The lowest BCUT2D eigenvalue weighted by molar-refractivity contribution is 0.0250. The topological polar surface area (TPSA) is 67.4 Å². The van der Waals surface area contributed by atoms with Gasteiger partial charge in [-0.05, 0) is 36.8 Å². The third-order valence-corrected chi connectivity index (χ3v) is 6.44.